The number of hydrogen-bond donors (Lipinski definition) is 1. The molecule has 0 radical (unpaired) electrons. The maximum Gasteiger partial charge on any atom is 0.248 e. The van der Waals surface area contributed by atoms with Crippen molar-refractivity contribution in [1.82, 2.24) is 0 Å². The van der Waals surface area contributed by atoms with Crippen LogP contribution >= 0.6 is 0 Å². The topological polar surface area (TPSA) is 43.1 Å². The van der Waals surface area contributed by atoms with Gasteiger partial charge in [0.1, 0.15) is 0 Å². The molecule has 2 heteroatoms. The minimum atomic E-state index is -0.291. The summed E-state index contributed by atoms with van der Waals surface area (Å²) in [6.45, 7) is 1.99. The molecule has 1 saturated carbocycles. The summed E-state index contributed by atoms with van der Waals surface area (Å²) in [6, 6.07) is 6.06. The summed E-state index contributed by atoms with van der Waals surface area (Å²) in [5, 5.41) is 0. The zero-order valence-electron chi connectivity index (χ0n) is 9.12. The second-order valence-corrected chi connectivity index (χ2v) is 4.44. The van der Waals surface area contributed by atoms with Gasteiger partial charge < -0.3 is 5.73 Å². The Morgan fingerprint density at radius 3 is 2.60 bits per heavy atom. The van der Waals surface area contributed by atoms with Gasteiger partial charge in [-0.2, -0.15) is 0 Å². The highest BCUT2D eigenvalue weighted by Gasteiger charge is 2.21. The van der Waals surface area contributed by atoms with Gasteiger partial charge in [-0.3, -0.25) is 4.79 Å². The van der Waals surface area contributed by atoms with Crippen LogP contribution in [-0.2, 0) is 0 Å². The van der Waals surface area contributed by atoms with E-state index in [0.717, 1.165) is 16.7 Å². The normalized spacial score (nSPS) is 16.9. The number of carbonyl (C=O) groups excluding carboxylic acids is 1. The Balaban J connectivity index is 2.40. The van der Waals surface area contributed by atoms with Gasteiger partial charge in [0, 0.05) is 5.56 Å². The second-order valence-electron chi connectivity index (χ2n) is 4.44. The Bertz CT molecular complexity index is 378. The number of amides is 1. The number of primary amides is 1. The minimum absolute atomic E-state index is 0.291. The molecule has 0 unspecified atom stereocenters. The summed E-state index contributed by atoms with van der Waals surface area (Å²) < 4.78 is 0. The van der Waals surface area contributed by atoms with E-state index in [1.165, 1.54) is 25.7 Å². The van der Waals surface area contributed by atoms with Crippen molar-refractivity contribution in [1.29, 1.82) is 0 Å². The van der Waals surface area contributed by atoms with E-state index >= 15 is 0 Å². The molecule has 1 fully saturated rings. The van der Waals surface area contributed by atoms with Crippen molar-refractivity contribution in [2.45, 2.75) is 38.5 Å². The molecule has 1 aliphatic rings. The molecule has 0 atom stereocenters. The van der Waals surface area contributed by atoms with Gasteiger partial charge in [0.05, 0.1) is 0 Å². The highest BCUT2D eigenvalue weighted by atomic mass is 16.1. The van der Waals surface area contributed by atoms with Crippen molar-refractivity contribution in [3.05, 3.63) is 34.9 Å². The van der Waals surface area contributed by atoms with Crippen molar-refractivity contribution in [3.63, 3.8) is 0 Å². The summed E-state index contributed by atoms with van der Waals surface area (Å²) in [7, 11) is 0. The van der Waals surface area contributed by atoms with Crippen LogP contribution in [0.15, 0.2) is 18.2 Å². The second kappa shape index (κ2) is 4.05. The zero-order chi connectivity index (χ0) is 10.8. The van der Waals surface area contributed by atoms with Crippen LogP contribution in [0.4, 0.5) is 0 Å². The van der Waals surface area contributed by atoms with Crippen LogP contribution in [0.3, 0.4) is 0 Å². The van der Waals surface area contributed by atoms with E-state index in [1.807, 2.05) is 13.0 Å². The van der Waals surface area contributed by atoms with Gasteiger partial charge in [-0.05, 0) is 37.3 Å². The van der Waals surface area contributed by atoms with Gasteiger partial charge in [-0.15, -0.1) is 0 Å². The lowest BCUT2D eigenvalue weighted by Crippen LogP contribution is -2.15. The van der Waals surface area contributed by atoms with Crippen molar-refractivity contribution >= 4 is 5.91 Å². The molecule has 2 N–H and O–H groups in total. The Morgan fingerprint density at radius 2 is 2.00 bits per heavy atom. The van der Waals surface area contributed by atoms with Crippen LogP contribution in [0.1, 0.15) is 53.1 Å². The van der Waals surface area contributed by atoms with Crippen LogP contribution < -0.4 is 5.73 Å². The highest BCUT2D eigenvalue weighted by molar-refractivity contribution is 5.94. The first-order valence-electron chi connectivity index (χ1n) is 5.59. The summed E-state index contributed by atoms with van der Waals surface area (Å²) >= 11 is 0. The fourth-order valence-electron chi connectivity index (χ4n) is 2.48. The number of aryl methyl sites for hydroxylation is 1. The van der Waals surface area contributed by atoms with Gasteiger partial charge >= 0.3 is 0 Å². The largest absolute Gasteiger partial charge is 0.366 e. The lowest BCUT2D eigenvalue weighted by molar-refractivity contribution is 0.0999. The maximum absolute atomic E-state index is 11.4. The Labute approximate surface area is 90.5 Å². The molecule has 0 aromatic heterocycles. The highest BCUT2D eigenvalue weighted by Crippen LogP contribution is 2.35. The molecule has 1 aromatic carbocycles. The minimum Gasteiger partial charge on any atom is -0.366 e. The number of nitrogens with two attached hydrogens (primary N) is 1. The third-order valence-corrected chi connectivity index (χ3v) is 3.27. The molecule has 1 amide bonds. The van der Waals surface area contributed by atoms with Gasteiger partial charge in [-0.25, -0.2) is 0 Å². The molecule has 0 bridgehead atoms. The van der Waals surface area contributed by atoms with E-state index in [2.05, 4.69) is 12.1 Å². The predicted molar refractivity (Wildman–Crippen MR) is 60.9 cm³/mol. The molecule has 0 spiro atoms. The first kappa shape index (κ1) is 10.2. The van der Waals surface area contributed by atoms with E-state index < -0.39 is 0 Å². The first-order valence-corrected chi connectivity index (χ1v) is 5.59. The average Bonchev–Trinajstić information content (AvgIpc) is 2.70. The third-order valence-electron chi connectivity index (χ3n) is 3.27. The zero-order valence-corrected chi connectivity index (χ0v) is 9.12. The Morgan fingerprint density at radius 1 is 1.33 bits per heavy atom. The molecule has 2 nitrogen and oxygen atoms in total. The summed E-state index contributed by atoms with van der Waals surface area (Å²) in [6.07, 6.45) is 4.94. The van der Waals surface area contributed by atoms with Gasteiger partial charge in [0.25, 0.3) is 0 Å². The molecule has 1 aliphatic carbocycles. The molecule has 15 heavy (non-hydrogen) atoms. The van der Waals surface area contributed by atoms with Crippen LogP contribution in [0.25, 0.3) is 0 Å². The van der Waals surface area contributed by atoms with Gasteiger partial charge in [0.15, 0.2) is 0 Å². The predicted octanol–water partition coefficient (Wildman–Crippen LogP) is 2.75. The van der Waals surface area contributed by atoms with Crippen molar-refractivity contribution in [3.8, 4) is 0 Å². The SMILES string of the molecule is Cc1ccc(C2CCCC2)c(C(N)=O)c1. The number of carbonyl (C=O) groups is 1. The molecule has 80 valence electrons. The van der Waals surface area contributed by atoms with E-state index in [-0.39, 0.29) is 5.91 Å². The van der Waals surface area contributed by atoms with Crippen molar-refractivity contribution in [2.24, 2.45) is 5.73 Å². The van der Waals surface area contributed by atoms with Gasteiger partial charge in [0.2, 0.25) is 5.91 Å². The fraction of sp³-hybridized carbons (Fsp3) is 0.462. The third kappa shape index (κ3) is 2.04. The van der Waals surface area contributed by atoms with E-state index in [1.54, 1.807) is 0 Å². The number of benzene rings is 1. The quantitative estimate of drug-likeness (QED) is 0.789. The van der Waals surface area contributed by atoms with Crippen LogP contribution in [-0.4, -0.2) is 5.91 Å². The van der Waals surface area contributed by atoms with E-state index in [4.69, 9.17) is 5.73 Å². The molecule has 0 heterocycles. The van der Waals surface area contributed by atoms with Crippen molar-refractivity contribution < 1.29 is 4.79 Å². The number of hydrogen-bond acceptors (Lipinski definition) is 1. The molecule has 1 aromatic rings. The molecule has 0 saturated heterocycles. The van der Waals surface area contributed by atoms with E-state index in [0.29, 0.717) is 5.92 Å². The van der Waals surface area contributed by atoms with Crippen LogP contribution in [0, 0.1) is 6.92 Å². The van der Waals surface area contributed by atoms with Crippen LogP contribution in [0.2, 0.25) is 0 Å². The molecule has 0 aliphatic heterocycles. The molecular weight excluding hydrogens is 186 g/mol. The van der Waals surface area contributed by atoms with Crippen LogP contribution in [0.5, 0.6) is 0 Å². The maximum atomic E-state index is 11.4. The lowest BCUT2D eigenvalue weighted by Gasteiger charge is -2.13. The molecule has 2 rings (SSSR count). The van der Waals surface area contributed by atoms with Crippen molar-refractivity contribution in [2.75, 3.05) is 0 Å². The smallest absolute Gasteiger partial charge is 0.248 e. The first-order chi connectivity index (χ1) is 7.18. The lowest BCUT2D eigenvalue weighted by atomic mass is 9.91. The average molecular weight is 203 g/mol. The Kier molecular flexibility index (Phi) is 2.76. The summed E-state index contributed by atoms with van der Waals surface area (Å²) in [5.41, 5.74) is 8.40. The monoisotopic (exact) mass is 203 g/mol. The fourth-order valence-corrected chi connectivity index (χ4v) is 2.48. The molecular formula is C13H17NO. The van der Waals surface area contributed by atoms with Gasteiger partial charge in [-0.1, -0.05) is 30.5 Å². The Hall–Kier alpha value is -1.31. The number of rotatable bonds is 2. The summed E-state index contributed by atoms with van der Waals surface area (Å²) in [4.78, 5) is 11.4. The van der Waals surface area contributed by atoms with E-state index in [9.17, 15) is 4.79 Å². The standard InChI is InChI=1S/C13H17NO/c1-9-6-7-11(10-4-2-3-5-10)12(8-9)13(14)15/h6-8,10H,2-5H2,1H3,(H2,14,15). The summed E-state index contributed by atoms with van der Waals surface area (Å²) in [5.74, 6) is 0.258.